The minimum Gasteiger partial charge on any atom is -0.378 e. The molecule has 3 aromatic carbocycles. The Morgan fingerprint density at radius 3 is 1.25 bits per heavy atom. The van der Waals surface area contributed by atoms with Crippen LogP contribution in [-0.2, 0) is 35.0 Å². The van der Waals surface area contributed by atoms with Gasteiger partial charge in [0.1, 0.15) is 0 Å². The van der Waals surface area contributed by atoms with Gasteiger partial charge in [-0.1, -0.05) is 48.5 Å². The van der Waals surface area contributed by atoms with Crippen molar-refractivity contribution in [1.29, 1.82) is 0 Å². The number of benzene rings is 3. The van der Waals surface area contributed by atoms with Gasteiger partial charge in [0, 0.05) is 19.6 Å². The number of fused-ring (bicyclic) bond motifs is 2. The second kappa shape index (κ2) is 15.9. The van der Waals surface area contributed by atoms with Crippen LogP contribution in [0.1, 0.15) is 5.56 Å². The van der Waals surface area contributed by atoms with E-state index in [1.54, 1.807) is 0 Å². The Kier molecular flexibility index (Phi) is 11.9. The van der Waals surface area contributed by atoms with Gasteiger partial charge in [0.15, 0.2) is 0 Å². The second-order valence-electron chi connectivity index (χ2n) is 8.75. The van der Waals surface area contributed by atoms with Crippen LogP contribution < -0.4 is 0 Å². The van der Waals surface area contributed by atoms with Gasteiger partial charge >= 0.3 is 0 Å². The molecular weight excluding hydrogens is 458 g/mol. The molecule has 1 fully saturated rings. The molecule has 1 heterocycles. The molecule has 1 saturated heterocycles. The third-order valence-electron chi connectivity index (χ3n) is 6.23. The van der Waals surface area contributed by atoms with E-state index in [-0.39, 0.29) is 0 Å². The van der Waals surface area contributed by atoms with Crippen molar-refractivity contribution >= 4 is 21.5 Å². The number of ether oxygens (including phenoxy) is 6. The van der Waals surface area contributed by atoms with Crippen molar-refractivity contribution in [1.82, 2.24) is 4.90 Å². The molecule has 0 aromatic heterocycles. The van der Waals surface area contributed by atoms with Crippen LogP contribution in [-0.4, -0.2) is 97.3 Å². The lowest BCUT2D eigenvalue weighted by Crippen LogP contribution is -2.31. The predicted molar refractivity (Wildman–Crippen MR) is 142 cm³/mol. The molecule has 0 radical (unpaired) electrons. The lowest BCUT2D eigenvalue weighted by molar-refractivity contribution is -0.0152. The fourth-order valence-electron chi connectivity index (χ4n) is 4.36. The SMILES string of the molecule is c1ccc2c(CN3CCOCCOCCOCCOCCOCCOCC3)c3ccccc3cc2c1. The number of hydrogen-bond donors (Lipinski definition) is 0. The molecule has 36 heavy (non-hydrogen) atoms. The van der Waals surface area contributed by atoms with Crippen molar-refractivity contribution in [2.75, 3.05) is 92.4 Å². The van der Waals surface area contributed by atoms with Crippen LogP contribution in [0.3, 0.4) is 0 Å². The summed E-state index contributed by atoms with van der Waals surface area (Å²) < 4.78 is 34.0. The van der Waals surface area contributed by atoms with E-state index >= 15 is 0 Å². The van der Waals surface area contributed by atoms with E-state index < -0.39 is 0 Å². The van der Waals surface area contributed by atoms with Crippen LogP contribution in [0, 0.1) is 0 Å². The first-order chi connectivity index (χ1) is 17.9. The van der Waals surface area contributed by atoms with E-state index in [0.717, 1.165) is 19.6 Å². The zero-order chi connectivity index (χ0) is 24.7. The first-order valence-electron chi connectivity index (χ1n) is 13.0. The third kappa shape index (κ3) is 8.78. The summed E-state index contributed by atoms with van der Waals surface area (Å²) in [6, 6.07) is 19.6. The highest BCUT2D eigenvalue weighted by Gasteiger charge is 2.13. The van der Waals surface area contributed by atoms with Gasteiger partial charge in [0.25, 0.3) is 0 Å². The lowest BCUT2D eigenvalue weighted by Gasteiger charge is -2.24. The van der Waals surface area contributed by atoms with Crippen molar-refractivity contribution < 1.29 is 28.4 Å². The van der Waals surface area contributed by atoms with Crippen LogP contribution >= 0.6 is 0 Å². The highest BCUT2D eigenvalue weighted by atomic mass is 16.6. The topological polar surface area (TPSA) is 58.6 Å². The van der Waals surface area contributed by atoms with E-state index in [4.69, 9.17) is 28.4 Å². The maximum absolute atomic E-state index is 5.89. The summed E-state index contributed by atoms with van der Waals surface area (Å²) in [5.41, 5.74) is 1.35. The minimum atomic E-state index is 0.559. The molecule has 3 aromatic rings. The van der Waals surface area contributed by atoms with Crippen molar-refractivity contribution in [2.45, 2.75) is 6.54 Å². The summed E-state index contributed by atoms with van der Waals surface area (Å²) in [6.07, 6.45) is 0. The molecular formula is C29H39NO6. The van der Waals surface area contributed by atoms with E-state index in [1.807, 2.05) is 0 Å². The van der Waals surface area contributed by atoms with E-state index in [2.05, 4.69) is 59.5 Å². The van der Waals surface area contributed by atoms with E-state index in [1.165, 1.54) is 27.1 Å². The highest BCUT2D eigenvalue weighted by molar-refractivity contribution is 6.02. The molecule has 0 N–H and O–H groups in total. The molecule has 1 aliphatic heterocycles. The Morgan fingerprint density at radius 1 is 0.472 bits per heavy atom. The largest absolute Gasteiger partial charge is 0.378 e. The van der Waals surface area contributed by atoms with E-state index in [9.17, 15) is 0 Å². The quantitative estimate of drug-likeness (QED) is 0.498. The van der Waals surface area contributed by atoms with Gasteiger partial charge in [-0.2, -0.15) is 0 Å². The first-order valence-corrected chi connectivity index (χ1v) is 13.0. The second-order valence-corrected chi connectivity index (χ2v) is 8.75. The number of rotatable bonds is 2. The first kappa shape index (κ1) is 26.9. The molecule has 0 saturated carbocycles. The number of nitrogens with zero attached hydrogens (tertiary/aromatic N) is 1. The monoisotopic (exact) mass is 497 g/mol. The Hall–Kier alpha value is -2.10. The van der Waals surface area contributed by atoms with Gasteiger partial charge in [-0.3, -0.25) is 4.90 Å². The molecule has 0 spiro atoms. The van der Waals surface area contributed by atoms with Crippen LogP contribution in [0.25, 0.3) is 21.5 Å². The molecule has 0 amide bonds. The standard InChI is InChI=1S/C29H39NO6/c1-3-7-27-25(5-1)23-26-6-2-4-8-28(26)29(27)24-30-9-11-31-13-15-33-17-19-35-21-22-36-20-18-34-16-14-32-12-10-30/h1-8,23H,9-22,24H2. The van der Waals surface area contributed by atoms with Crippen molar-refractivity contribution in [3.8, 4) is 0 Å². The Balaban J connectivity index is 1.40. The smallest absolute Gasteiger partial charge is 0.0701 e. The Labute approximate surface area is 214 Å². The van der Waals surface area contributed by atoms with Crippen LogP contribution in [0.2, 0.25) is 0 Å². The predicted octanol–water partition coefficient (Wildman–Crippen LogP) is 3.91. The maximum atomic E-state index is 5.89. The molecule has 0 aliphatic carbocycles. The van der Waals surface area contributed by atoms with Crippen molar-refractivity contribution in [3.05, 3.63) is 60.2 Å². The molecule has 1 aliphatic rings. The maximum Gasteiger partial charge on any atom is 0.0701 e. The van der Waals surface area contributed by atoms with Gasteiger partial charge in [-0.05, 0) is 33.2 Å². The molecule has 0 unspecified atom stereocenters. The normalized spacial score (nSPS) is 19.7. The Bertz CT molecular complexity index is 953. The fourth-order valence-corrected chi connectivity index (χ4v) is 4.36. The molecule has 196 valence electrons. The van der Waals surface area contributed by atoms with E-state index in [0.29, 0.717) is 79.3 Å². The zero-order valence-corrected chi connectivity index (χ0v) is 21.2. The summed E-state index contributed by atoms with van der Waals surface area (Å²) >= 11 is 0. The van der Waals surface area contributed by atoms with Gasteiger partial charge in [0.2, 0.25) is 0 Å². The van der Waals surface area contributed by atoms with Gasteiger partial charge in [0.05, 0.1) is 79.3 Å². The fraction of sp³-hybridized carbons (Fsp3) is 0.517. The molecule has 7 nitrogen and oxygen atoms in total. The van der Waals surface area contributed by atoms with Gasteiger partial charge < -0.3 is 28.4 Å². The average Bonchev–Trinajstić information content (AvgIpc) is 2.91. The lowest BCUT2D eigenvalue weighted by atomic mass is 9.96. The third-order valence-corrected chi connectivity index (χ3v) is 6.23. The minimum absolute atomic E-state index is 0.559. The summed E-state index contributed by atoms with van der Waals surface area (Å²) in [5, 5.41) is 5.13. The molecule has 0 bridgehead atoms. The highest BCUT2D eigenvalue weighted by Crippen LogP contribution is 2.29. The molecule has 0 atom stereocenters. The summed E-state index contributed by atoms with van der Waals surface area (Å²) in [6.45, 7) is 9.38. The Morgan fingerprint density at radius 2 is 0.833 bits per heavy atom. The summed E-state index contributed by atoms with van der Waals surface area (Å²) in [4.78, 5) is 2.42. The number of hydrogen-bond acceptors (Lipinski definition) is 7. The van der Waals surface area contributed by atoms with Crippen molar-refractivity contribution in [2.24, 2.45) is 0 Å². The zero-order valence-electron chi connectivity index (χ0n) is 21.2. The van der Waals surface area contributed by atoms with Crippen molar-refractivity contribution in [3.63, 3.8) is 0 Å². The van der Waals surface area contributed by atoms with Gasteiger partial charge in [-0.25, -0.2) is 0 Å². The molecule has 4 rings (SSSR count). The van der Waals surface area contributed by atoms with Crippen LogP contribution in [0.15, 0.2) is 54.6 Å². The average molecular weight is 498 g/mol. The summed E-state index contributed by atoms with van der Waals surface area (Å²) in [7, 11) is 0. The molecule has 7 heteroatoms. The summed E-state index contributed by atoms with van der Waals surface area (Å²) in [5.74, 6) is 0. The van der Waals surface area contributed by atoms with Crippen LogP contribution in [0.4, 0.5) is 0 Å². The van der Waals surface area contributed by atoms with Gasteiger partial charge in [-0.15, -0.1) is 0 Å². The van der Waals surface area contributed by atoms with Crippen LogP contribution in [0.5, 0.6) is 0 Å².